The van der Waals surface area contributed by atoms with Gasteiger partial charge in [0, 0.05) is 36.2 Å². The zero-order chi connectivity index (χ0) is 22.0. The summed E-state index contributed by atoms with van der Waals surface area (Å²) in [6.07, 6.45) is 2.29. The van der Waals surface area contributed by atoms with Crippen molar-refractivity contribution < 1.29 is 19.1 Å². The highest BCUT2D eigenvalue weighted by Gasteiger charge is 2.30. The highest BCUT2D eigenvalue weighted by Crippen LogP contribution is 2.42. The fourth-order valence-corrected chi connectivity index (χ4v) is 3.29. The zero-order valence-electron chi connectivity index (χ0n) is 17.1. The van der Waals surface area contributed by atoms with Crippen molar-refractivity contribution in [3.8, 4) is 17.0 Å². The highest BCUT2D eigenvalue weighted by molar-refractivity contribution is 5.91. The molecular weight excluding hydrogens is 399 g/mol. The Morgan fingerprint density at radius 3 is 2.55 bits per heavy atom. The summed E-state index contributed by atoms with van der Waals surface area (Å²) in [6.45, 7) is 1.99. The molecule has 0 bridgehead atoms. The molecule has 0 spiro atoms. The van der Waals surface area contributed by atoms with Gasteiger partial charge in [-0.1, -0.05) is 19.1 Å². The van der Waals surface area contributed by atoms with Crippen LogP contribution in [0.3, 0.4) is 0 Å². The SMILES string of the molecule is CCC(=O)Nc1ccc(-c2cc(C3CC3)n(C(=O)NCc3ccc(F)cc3)n2)c(O)c1. The third kappa shape index (κ3) is 4.74. The standard InChI is InChI=1S/C23H23FN4O3/c1-2-22(30)26-17-9-10-18(21(29)11-17)19-12-20(15-5-6-15)28(27-19)23(31)25-13-14-3-7-16(24)8-4-14/h3-4,7-12,15,29H,2,5-6,13H2,1H3,(H,25,31)(H,26,30). The first-order chi connectivity index (χ1) is 14.9. The number of carbonyl (C=O) groups is 2. The number of amides is 2. The van der Waals surface area contributed by atoms with Gasteiger partial charge in [-0.15, -0.1) is 0 Å². The lowest BCUT2D eigenvalue weighted by Gasteiger charge is -2.08. The summed E-state index contributed by atoms with van der Waals surface area (Å²) in [5.41, 5.74) is 3.00. The van der Waals surface area contributed by atoms with Crippen molar-refractivity contribution in [2.45, 2.75) is 38.6 Å². The first-order valence-corrected chi connectivity index (χ1v) is 10.2. The van der Waals surface area contributed by atoms with Crippen LogP contribution in [0.5, 0.6) is 5.75 Å². The van der Waals surface area contributed by atoms with Crippen molar-refractivity contribution in [2.75, 3.05) is 5.32 Å². The van der Waals surface area contributed by atoms with Crippen LogP contribution in [0.4, 0.5) is 14.9 Å². The molecule has 1 aromatic heterocycles. The van der Waals surface area contributed by atoms with Crippen LogP contribution in [0.2, 0.25) is 0 Å². The van der Waals surface area contributed by atoms with Gasteiger partial charge in [0.15, 0.2) is 0 Å². The van der Waals surface area contributed by atoms with Crippen LogP contribution in [0.1, 0.15) is 43.4 Å². The summed E-state index contributed by atoms with van der Waals surface area (Å²) < 4.78 is 14.4. The molecule has 1 fully saturated rings. The summed E-state index contributed by atoms with van der Waals surface area (Å²) in [5.74, 6) is -0.260. The molecule has 31 heavy (non-hydrogen) atoms. The first kappa shape index (κ1) is 20.6. The van der Waals surface area contributed by atoms with Crippen LogP contribution in [-0.4, -0.2) is 26.8 Å². The Kier molecular flexibility index (Phi) is 5.70. The van der Waals surface area contributed by atoms with Crippen molar-refractivity contribution in [2.24, 2.45) is 0 Å². The van der Waals surface area contributed by atoms with E-state index < -0.39 is 0 Å². The van der Waals surface area contributed by atoms with Gasteiger partial charge in [0.05, 0.1) is 11.4 Å². The Hall–Kier alpha value is -3.68. The molecule has 0 saturated heterocycles. The molecule has 160 valence electrons. The molecule has 7 nitrogen and oxygen atoms in total. The van der Waals surface area contributed by atoms with E-state index in [0.717, 1.165) is 24.1 Å². The van der Waals surface area contributed by atoms with Crippen molar-refractivity contribution in [3.63, 3.8) is 0 Å². The Labute approximate surface area is 178 Å². The fourth-order valence-electron chi connectivity index (χ4n) is 3.29. The van der Waals surface area contributed by atoms with Gasteiger partial charge >= 0.3 is 6.03 Å². The van der Waals surface area contributed by atoms with Crippen LogP contribution in [0.15, 0.2) is 48.5 Å². The molecule has 8 heteroatoms. The molecule has 3 N–H and O–H groups in total. The van der Waals surface area contributed by atoms with Crippen LogP contribution >= 0.6 is 0 Å². The van der Waals surface area contributed by atoms with Crippen LogP contribution in [-0.2, 0) is 11.3 Å². The van der Waals surface area contributed by atoms with Gasteiger partial charge in [-0.25, -0.2) is 9.18 Å². The van der Waals surface area contributed by atoms with Gasteiger partial charge < -0.3 is 15.7 Å². The largest absolute Gasteiger partial charge is 0.507 e. The monoisotopic (exact) mass is 422 g/mol. The number of aromatic hydroxyl groups is 1. The third-order valence-electron chi connectivity index (χ3n) is 5.16. The lowest BCUT2D eigenvalue weighted by Crippen LogP contribution is -2.30. The molecule has 0 unspecified atom stereocenters. The molecule has 2 amide bonds. The van der Waals surface area contributed by atoms with Gasteiger partial charge in [0.2, 0.25) is 5.91 Å². The van der Waals surface area contributed by atoms with E-state index in [1.54, 1.807) is 31.2 Å². The molecule has 4 rings (SSSR count). The van der Waals surface area contributed by atoms with Crippen LogP contribution in [0, 0.1) is 5.82 Å². The Balaban J connectivity index is 1.55. The average molecular weight is 422 g/mol. The van der Waals surface area contributed by atoms with Crippen LogP contribution < -0.4 is 10.6 Å². The van der Waals surface area contributed by atoms with Crippen LogP contribution in [0.25, 0.3) is 11.3 Å². The summed E-state index contributed by atoms with van der Waals surface area (Å²) in [6, 6.07) is 12.2. The molecule has 3 aromatic rings. The molecule has 0 aliphatic heterocycles. The summed E-state index contributed by atoms with van der Waals surface area (Å²) in [7, 11) is 0. The molecule has 1 saturated carbocycles. The van der Waals surface area contributed by atoms with Gasteiger partial charge in [-0.2, -0.15) is 9.78 Å². The number of rotatable bonds is 6. The lowest BCUT2D eigenvalue weighted by atomic mass is 10.1. The Bertz CT molecular complexity index is 1120. The van der Waals surface area contributed by atoms with Crippen molar-refractivity contribution in [3.05, 3.63) is 65.6 Å². The molecule has 1 aliphatic carbocycles. The Morgan fingerprint density at radius 2 is 1.90 bits per heavy atom. The third-order valence-corrected chi connectivity index (χ3v) is 5.16. The average Bonchev–Trinajstić information content (AvgIpc) is 3.51. The molecule has 1 heterocycles. The number of anilines is 1. The highest BCUT2D eigenvalue weighted by atomic mass is 19.1. The van der Waals surface area contributed by atoms with E-state index in [0.29, 0.717) is 23.4 Å². The second-order valence-corrected chi connectivity index (χ2v) is 7.56. The number of hydrogen-bond donors (Lipinski definition) is 3. The number of halogens is 1. The van der Waals surface area contributed by atoms with Gasteiger partial charge in [0.25, 0.3) is 0 Å². The number of aromatic nitrogens is 2. The zero-order valence-corrected chi connectivity index (χ0v) is 17.1. The predicted octanol–water partition coefficient (Wildman–Crippen LogP) is 4.38. The molecule has 0 atom stereocenters. The maximum Gasteiger partial charge on any atom is 0.342 e. The number of carbonyl (C=O) groups excluding carboxylic acids is 2. The van der Waals surface area contributed by atoms with Gasteiger partial charge in [0.1, 0.15) is 11.6 Å². The van der Waals surface area contributed by atoms with E-state index in [4.69, 9.17) is 0 Å². The molecular formula is C23H23FN4O3. The molecule has 0 radical (unpaired) electrons. The van der Waals surface area contributed by atoms with Gasteiger partial charge in [-0.3, -0.25) is 4.79 Å². The second-order valence-electron chi connectivity index (χ2n) is 7.56. The number of hydrogen-bond acceptors (Lipinski definition) is 4. The van der Waals surface area contributed by atoms with Crippen molar-refractivity contribution >= 4 is 17.6 Å². The normalized spacial score (nSPS) is 13.1. The minimum absolute atomic E-state index is 0.0346. The topological polar surface area (TPSA) is 96.3 Å². The van der Waals surface area contributed by atoms with Gasteiger partial charge in [-0.05, 0) is 48.7 Å². The summed E-state index contributed by atoms with van der Waals surface area (Å²) >= 11 is 0. The van der Waals surface area contributed by atoms with E-state index in [-0.39, 0.29) is 36.0 Å². The molecule has 2 aromatic carbocycles. The smallest absolute Gasteiger partial charge is 0.342 e. The quantitative estimate of drug-likeness (QED) is 0.549. The van der Waals surface area contributed by atoms with E-state index in [2.05, 4.69) is 15.7 Å². The fraction of sp³-hybridized carbons (Fsp3) is 0.261. The van der Waals surface area contributed by atoms with E-state index in [1.807, 2.05) is 6.07 Å². The lowest BCUT2D eigenvalue weighted by molar-refractivity contribution is -0.115. The number of nitrogens with one attached hydrogen (secondary N) is 2. The number of phenolic OH excluding ortho intramolecular Hbond substituents is 1. The summed E-state index contributed by atoms with van der Waals surface area (Å²) in [4.78, 5) is 24.3. The number of phenols is 1. The van der Waals surface area contributed by atoms with E-state index in [1.165, 1.54) is 22.9 Å². The second kappa shape index (κ2) is 8.59. The molecule has 1 aliphatic rings. The number of benzene rings is 2. The van der Waals surface area contributed by atoms with E-state index >= 15 is 0 Å². The minimum Gasteiger partial charge on any atom is -0.507 e. The Morgan fingerprint density at radius 1 is 1.16 bits per heavy atom. The first-order valence-electron chi connectivity index (χ1n) is 10.2. The minimum atomic E-state index is -0.385. The van der Waals surface area contributed by atoms with Crippen molar-refractivity contribution in [1.29, 1.82) is 0 Å². The maximum absolute atomic E-state index is 13.1. The maximum atomic E-state index is 13.1. The van der Waals surface area contributed by atoms with E-state index in [9.17, 15) is 19.1 Å². The number of nitrogens with zero attached hydrogens (tertiary/aromatic N) is 2. The predicted molar refractivity (Wildman–Crippen MR) is 114 cm³/mol. The van der Waals surface area contributed by atoms with Crippen molar-refractivity contribution in [1.82, 2.24) is 15.1 Å². The summed E-state index contributed by atoms with van der Waals surface area (Å²) in [5, 5.41) is 20.4.